The number of carbonyl (C=O) groups is 2. The predicted octanol–water partition coefficient (Wildman–Crippen LogP) is 2.95. The fourth-order valence-corrected chi connectivity index (χ4v) is 2.26. The van der Waals surface area contributed by atoms with Crippen LogP contribution in [0.1, 0.15) is 18.1 Å². The van der Waals surface area contributed by atoms with Crippen molar-refractivity contribution in [1.29, 1.82) is 0 Å². The summed E-state index contributed by atoms with van der Waals surface area (Å²) < 4.78 is 10.9. The molecule has 0 aliphatic heterocycles. The van der Waals surface area contributed by atoms with Gasteiger partial charge in [-0.2, -0.15) is 0 Å². The number of para-hydroxylation sites is 1. The molecule has 0 aliphatic rings. The van der Waals surface area contributed by atoms with Crippen molar-refractivity contribution < 1.29 is 19.1 Å². The Hall–Kier alpha value is -2.73. The fourth-order valence-electron chi connectivity index (χ4n) is 2.08. The van der Waals surface area contributed by atoms with Gasteiger partial charge in [0.05, 0.1) is 5.02 Å². The number of rotatable bonds is 6. The van der Waals surface area contributed by atoms with Crippen LogP contribution in [0.2, 0.25) is 5.02 Å². The van der Waals surface area contributed by atoms with E-state index in [1.54, 1.807) is 37.3 Å². The summed E-state index contributed by atoms with van der Waals surface area (Å²) >= 11 is 5.98. The van der Waals surface area contributed by atoms with E-state index in [4.69, 9.17) is 21.1 Å². The quantitative estimate of drug-likeness (QED) is 0.760. The molecule has 2 N–H and O–H groups in total. The third kappa shape index (κ3) is 5.39. The molecule has 0 heterocycles. The van der Waals surface area contributed by atoms with E-state index in [9.17, 15) is 9.59 Å². The van der Waals surface area contributed by atoms with Crippen LogP contribution in [-0.4, -0.2) is 24.5 Å². The summed E-state index contributed by atoms with van der Waals surface area (Å²) in [7, 11) is 0. The van der Waals surface area contributed by atoms with Gasteiger partial charge in [-0.25, -0.2) is 0 Å². The van der Waals surface area contributed by atoms with Crippen molar-refractivity contribution in [3.63, 3.8) is 0 Å². The van der Waals surface area contributed by atoms with E-state index in [2.05, 4.69) is 10.9 Å². The predicted molar refractivity (Wildman–Crippen MR) is 99.2 cm³/mol. The van der Waals surface area contributed by atoms with Crippen molar-refractivity contribution in [2.24, 2.45) is 0 Å². The van der Waals surface area contributed by atoms with E-state index >= 15 is 0 Å². The van der Waals surface area contributed by atoms with Crippen LogP contribution in [-0.2, 0) is 9.59 Å². The van der Waals surface area contributed by atoms with Crippen molar-refractivity contribution in [3.8, 4) is 11.5 Å². The molecule has 1 atom stereocenters. The number of hydrogen-bond donors (Lipinski definition) is 2. The second-order valence-electron chi connectivity index (χ2n) is 5.71. The minimum atomic E-state index is -0.838. The van der Waals surface area contributed by atoms with E-state index in [0.29, 0.717) is 16.5 Å². The Morgan fingerprint density at radius 1 is 1.04 bits per heavy atom. The summed E-state index contributed by atoms with van der Waals surface area (Å²) in [5, 5.41) is 0.401. The zero-order valence-electron chi connectivity index (χ0n) is 14.8. The number of ether oxygens (including phenoxy) is 2. The molecular weight excluding hydrogens is 356 g/mol. The van der Waals surface area contributed by atoms with Gasteiger partial charge < -0.3 is 9.47 Å². The second kappa shape index (κ2) is 9.10. The van der Waals surface area contributed by atoms with Crippen LogP contribution >= 0.6 is 11.6 Å². The maximum atomic E-state index is 12.0. The van der Waals surface area contributed by atoms with Gasteiger partial charge in [0.15, 0.2) is 12.7 Å². The lowest BCUT2D eigenvalue weighted by atomic mass is 10.1. The molecule has 6 nitrogen and oxygen atoms in total. The summed E-state index contributed by atoms with van der Waals surface area (Å²) in [5.74, 6) is 0.0255. The number of hydrazine groups is 1. The van der Waals surface area contributed by atoms with Gasteiger partial charge in [0, 0.05) is 0 Å². The van der Waals surface area contributed by atoms with E-state index in [1.165, 1.54) is 0 Å². The first-order valence-electron chi connectivity index (χ1n) is 8.07. The van der Waals surface area contributed by atoms with Crippen molar-refractivity contribution >= 4 is 23.4 Å². The van der Waals surface area contributed by atoms with E-state index in [-0.39, 0.29) is 6.61 Å². The van der Waals surface area contributed by atoms with Crippen LogP contribution in [0, 0.1) is 13.8 Å². The number of benzene rings is 2. The minimum Gasteiger partial charge on any atom is -0.483 e. The normalized spacial score (nSPS) is 11.4. The molecule has 138 valence electrons. The molecule has 7 heteroatoms. The van der Waals surface area contributed by atoms with Gasteiger partial charge in [-0.15, -0.1) is 0 Å². The van der Waals surface area contributed by atoms with E-state index in [0.717, 1.165) is 11.1 Å². The lowest BCUT2D eigenvalue weighted by Crippen LogP contribution is -2.48. The molecule has 0 saturated carbocycles. The van der Waals surface area contributed by atoms with Crippen LogP contribution in [0.4, 0.5) is 0 Å². The zero-order chi connectivity index (χ0) is 19.1. The molecule has 2 aromatic rings. The molecule has 0 saturated heterocycles. The number of hydrogen-bond acceptors (Lipinski definition) is 4. The lowest BCUT2D eigenvalue weighted by Gasteiger charge is -2.16. The molecule has 1 unspecified atom stereocenters. The molecular formula is C19H21ClN2O4. The monoisotopic (exact) mass is 376 g/mol. The van der Waals surface area contributed by atoms with Gasteiger partial charge in [-0.05, 0) is 50.1 Å². The van der Waals surface area contributed by atoms with E-state index < -0.39 is 17.9 Å². The minimum absolute atomic E-state index is 0.218. The third-order valence-electron chi connectivity index (χ3n) is 3.75. The van der Waals surface area contributed by atoms with Crippen molar-refractivity contribution in [1.82, 2.24) is 10.9 Å². The molecule has 2 rings (SSSR count). The summed E-state index contributed by atoms with van der Waals surface area (Å²) in [6, 6.07) is 12.4. The Bertz CT molecular complexity index is 795. The topological polar surface area (TPSA) is 76.7 Å². The first-order chi connectivity index (χ1) is 12.4. The van der Waals surface area contributed by atoms with Gasteiger partial charge in [0.2, 0.25) is 0 Å². The highest BCUT2D eigenvalue weighted by Gasteiger charge is 2.16. The number of carbonyl (C=O) groups excluding carboxylic acids is 2. The SMILES string of the molecule is Cc1cccc(OCC(=O)NNC(=O)C(C)Oc2ccccc2Cl)c1C. The Labute approximate surface area is 157 Å². The Kier molecular flexibility index (Phi) is 6.86. The smallest absolute Gasteiger partial charge is 0.279 e. The second-order valence-corrected chi connectivity index (χ2v) is 6.12. The first kappa shape index (κ1) is 19.6. The molecule has 0 radical (unpaired) electrons. The first-order valence-corrected chi connectivity index (χ1v) is 8.45. The van der Waals surface area contributed by atoms with Crippen LogP contribution in [0.5, 0.6) is 11.5 Å². The van der Waals surface area contributed by atoms with Crippen LogP contribution in [0.25, 0.3) is 0 Å². The van der Waals surface area contributed by atoms with Crippen molar-refractivity contribution in [2.45, 2.75) is 26.9 Å². The molecule has 0 bridgehead atoms. The van der Waals surface area contributed by atoms with Crippen LogP contribution < -0.4 is 20.3 Å². The maximum Gasteiger partial charge on any atom is 0.279 e. The fraction of sp³-hybridized carbons (Fsp3) is 0.263. The molecule has 2 aromatic carbocycles. The highest BCUT2D eigenvalue weighted by Crippen LogP contribution is 2.24. The highest BCUT2D eigenvalue weighted by molar-refractivity contribution is 6.32. The summed E-state index contributed by atoms with van der Waals surface area (Å²) in [5.41, 5.74) is 6.62. The average molecular weight is 377 g/mol. The molecule has 0 spiro atoms. The molecule has 0 aromatic heterocycles. The Balaban J connectivity index is 1.78. The number of aryl methyl sites for hydroxylation is 1. The lowest BCUT2D eigenvalue weighted by molar-refractivity contribution is -0.133. The van der Waals surface area contributed by atoms with Gasteiger partial charge in [0.25, 0.3) is 11.8 Å². The average Bonchev–Trinajstić information content (AvgIpc) is 2.62. The maximum absolute atomic E-state index is 12.0. The number of nitrogens with one attached hydrogen (secondary N) is 2. The largest absolute Gasteiger partial charge is 0.483 e. The summed E-state index contributed by atoms with van der Waals surface area (Å²) in [6.07, 6.45) is -0.838. The van der Waals surface area contributed by atoms with Gasteiger partial charge in [0.1, 0.15) is 11.5 Å². The molecule has 0 aliphatic carbocycles. The van der Waals surface area contributed by atoms with Crippen molar-refractivity contribution in [2.75, 3.05) is 6.61 Å². The third-order valence-corrected chi connectivity index (χ3v) is 4.06. The molecule has 26 heavy (non-hydrogen) atoms. The van der Waals surface area contributed by atoms with Crippen LogP contribution in [0.3, 0.4) is 0 Å². The van der Waals surface area contributed by atoms with Gasteiger partial charge in [-0.3, -0.25) is 20.4 Å². The highest BCUT2D eigenvalue weighted by atomic mass is 35.5. The number of halogens is 1. The summed E-state index contributed by atoms with van der Waals surface area (Å²) in [6.45, 7) is 5.21. The number of amides is 2. The van der Waals surface area contributed by atoms with Crippen molar-refractivity contribution in [3.05, 3.63) is 58.6 Å². The van der Waals surface area contributed by atoms with Crippen LogP contribution in [0.15, 0.2) is 42.5 Å². The molecule has 2 amide bonds. The Morgan fingerprint density at radius 3 is 2.46 bits per heavy atom. The van der Waals surface area contributed by atoms with Gasteiger partial charge in [-0.1, -0.05) is 35.9 Å². The summed E-state index contributed by atoms with van der Waals surface area (Å²) in [4.78, 5) is 23.8. The standard InChI is InChI=1S/C19H21ClN2O4/c1-12-7-6-10-16(13(12)2)25-11-18(23)21-22-19(24)14(3)26-17-9-5-4-8-15(17)20/h4-10,14H,11H2,1-3H3,(H,21,23)(H,22,24). The van der Waals surface area contributed by atoms with Gasteiger partial charge >= 0.3 is 0 Å². The molecule has 0 fully saturated rings. The zero-order valence-corrected chi connectivity index (χ0v) is 15.6. The Morgan fingerprint density at radius 2 is 1.73 bits per heavy atom. The van der Waals surface area contributed by atoms with E-state index in [1.807, 2.05) is 26.0 Å².